The van der Waals surface area contributed by atoms with Crippen LogP contribution in [-0.2, 0) is 6.54 Å². The molecular formula is C19H19N3O2S. The van der Waals surface area contributed by atoms with E-state index >= 15 is 0 Å². The van der Waals surface area contributed by atoms with Crippen molar-refractivity contribution in [2.75, 3.05) is 26.2 Å². The van der Waals surface area contributed by atoms with Crippen LogP contribution in [0.4, 0.5) is 0 Å². The van der Waals surface area contributed by atoms with Crippen LogP contribution in [0, 0.1) is 0 Å². The van der Waals surface area contributed by atoms with Crippen LogP contribution in [-0.4, -0.2) is 46.9 Å². The van der Waals surface area contributed by atoms with Crippen LogP contribution in [0.1, 0.15) is 15.6 Å². The lowest BCUT2D eigenvalue weighted by Crippen LogP contribution is -2.48. The number of carbonyl (C=O) groups excluding carboxylic acids is 1. The SMILES string of the molecule is O=C(c1ccco1)N1CCN(Cc2nc(-c3ccccc3)cs2)CC1. The molecule has 2 aromatic heterocycles. The van der Waals surface area contributed by atoms with Gasteiger partial charge in [0.05, 0.1) is 18.5 Å². The zero-order valence-electron chi connectivity index (χ0n) is 13.8. The van der Waals surface area contributed by atoms with Gasteiger partial charge in [-0.2, -0.15) is 0 Å². The Morgan fingerprint density at radius 1 is 1.08 bits per heavy atom. The van der Waals surface area contributed by atoms with Crippen LogP contribution in [0.2, 0.25) is 0 Å². The number of thiazole rings is 1. The Morgan fingerprint density at radius 3 is 2.60 bits per heavy atom. The standard InChI is InChI=1S/C19H19N3O2S/c23-19(17-7-4-12-24-17)22-10-8-21(9-11-22)13-18-20-16(14-25-18)15-5-2-1-3-6-15/h1-7,12,14H,8-11,13H2. The van der Waals surface area contributed by atoms with E-state index in [-0.39, 0.29) is 5.91 Å². The number of furan rings is 1. The zero-order chi connectivity index (χ0) is 17.1. The maximum Gasteiger partial charge on any atom is 0.289 e. The van der Waals surface area contributed by atoms with Gasteiger partial charge in [-0.15, -0.1) is 11.3 Å². The number of amides is 1. The van der Waals surface area contributed by atoms with E-state index in [1.807, 2.05) is 23.1 Å². The molecule has 0 aliphatic carbocycles. The second-order valence-electron chi connectivity index (χ2n) is 6.04. The van der Waals surface area contributed by atoms with Crippen molar-refractivity contribution in [2.24, 2.45) is 0 Å². The number of benzene rings is 1. The van der Waals surface area contributed by atoms with E-state index in [0.717, 1.165) is 49.0 Å². The molecule has 0 radical (unpaired) electrons. The minimum Gasteiger partial charge on any atom is -0.459 e. The summed E-state index contributed by atoms with van der Waals surface area (Å²) < 4.78 is 5.20. The average Bonchev–Trinajstić information content (AvgIpc) is 3.35. The van der Waals surface area contributed by atoms with Crippen LogP contribution in [0.3, 0.4) is 0 Å². The Kier molecular flexibility index (Phi) is 4.63. The largest absolute Gasteiger partial charge is 0.459 e. The Balaban J connectivity index is 1.33. The summed E-state index contributed by atoms with van der Waals surface area (Å²) in [4.78, 5) is 21.2. The fourth-order valence-electron chi connectivity index (χ4n) is 2.98. The van der Waals surface area contributed by atoms with Gasteiger partial charge in [0.25, 0.3) is 5.91 Å². The Hall–Kier alpha value is -2.44. The quantitative estimate of drug-likeness (QED) is 0.722. The number of rotatable bonds is 4. The van der Waals surface area contributed by atoms with Gasteiger partial charge in [-0.1, -0.05) is 30.3 Å². The first-order valence-electron chi connectivity index (χ1n) is 8.34. The van der Waals surface area contributed by atoms with Crippen molar-refractivity contribution >= 4 is 17.2 Å². The van der Waals surface area contributed by atoms with Gasteiger partial charge in [0.1, 0.15) is 5.01 Å². The smallest absolute Gasteiger partial charge is 0.289 e. The van der Waals surface area contributed by atoms with E-state index in [1.165, 1.54) is 6.26 Å². The molecule has 0 N–H and O–H groups in total. The van der Waals surface area contributed by atoms with E-state index in [2.05, 4.69) is 22.4 Å². The third-order valence-corrected chi connectivity index (χ3v) is 5.21. The molecule has 1 aromatic carbocycles. The highest BCUT2D eigenvalue weighted by Gasteiger charge is 2.24. The van der Waals surface area contributed by atoms with Gasteiger partial charge in [-0.3, -0.25) is 9.69 Å². The normalized spacial score (nSPS) is 15.4. The lowest BCUT2D eigenvalue weighted by Gasteiger charge is -2.33. The van der Waals surface area contributed by atoms with Crippen molar-refractivity contribution in [3.05, 3.63) is 64.9 Å². The highest BCUT2D eigenvalue weighted by Crippen LogP contribution is 2.22. The van der Waals surface area contributed by atoms with Crippen molar-refractivity contribution in [3.8, 4) is 11.3 Å². The number of carbonyl (C=O) groups is 1. The minimum absolute atomic E-state index is 0.0229. The fraction of sp³-hybridized carbons (Fsp3) is 0.263. The number of aromatic nitrogens is 1. The summed E-state index contributed by atoms with van der Waals surface area (Å²) in [5.74, 6) is 0.395. The minimum atomic E-state index is -0.0229. The molecule has 128 valence electrons. The third kappa shape index (κ3) is 3.65. The molecule has 1 aliphatic rings. The summed E-state index contributed by atoms with van der Waals surface area (Å²) in [5, 5.41) is 3.23. The highest BCUT2D eigenvalue weighted by molar-refractivity contribution is 7.09. The summed E-state index contributed by atoms with van der Waals surface area (Å²) in [6.45, 7) is 3.98. The first kappa shape index (κ1) is 16.1. The summed E-state index contributed by atoms with van der Waals surface area (Å²) >= 11 is 1.69. The van der Waals surface area contributed by atoms with Gasteiger partial charge in [0, 0.05) is 37.1 Å². The van der Waals surface area contributed by atoms with E-state index in [4.69, 9.17) is 9.40 Å². The van der Waals surface area contributed by atoms with Gasteiger partial charge in [-0.25, -0.2) is 4.98 Å². The Labute approximate surface area is 150 Å². The molecule has 1 saturated heterocycles. The molecule has 4 rings (SSSR count). The van der Waals surface area contributed by atoms with Crippen LogP contribution >= 0.6 is 11.3 Å². The summed E-state index contributed by atoms with van der Waals surface area (Å²) in [6, 6.07) is 13.7. The first-order valence-corrected chi connectivity index (χ1v) is 9.22. The summed E-state index contributed by atoms with van der Waals surface area (Å²) in [7, 11) is 0. The van der Waals surface area contributed by atoms with Crippen molar-refractivity contribution in [1.82, 2.24) is 14.8 Å². The first-order chi connectivity index (χ1) is 12.3. The molecule has 0 unspecified atom stereocenters. The van der Waals surface area contributed by atoms with Crippen molar-refractivity contribution in [1.29, 1.82) is 0 Å². The van der Waals surface area contributed by atoms with Gasteiger partial charge >= 0.3 is 0 Å². The molecule has 25 heavy (non-hydrogen) atoms. The monoisotopic (exact) mass is 353 g/mol. The van der Waals surface area contributed by atoms with E-state index in [1.54, 1.807) is 23.5 Å². The fourth-order valence-corrected chi connectivity index (χ4v) is 3.83. The number of hydrogen-bond acceptors (Lipinski definition) is 5. The maximum atomic E-state index is 12.3. The van der Waals surface area contributed by atoms with Crippen LogP contribution in [0.25, 0.3) is 11.3 Å². The summed E-state index contributed by atoms with van der Waals surface area (Å²) in [6.07, 6.45) is 1.54. The second kappa shape index (κ2) is 7.21. The maximum absolute atomic E-state index is 12.3. The molecule has 1 aliphatic heterocycles. The van der Waals surface area contributed by atoms with Crippen molar-refractivity contribution in [3.63, 3.8) is 0 Å². The molecule has 0 bridgehead atoms. The van der Waals surface area contributed by atoms with Gasteiger partial charge in [0.15, 0.2) is 5.76 Å². The number of piperazine rings is 1. The van der Waals surface area contributed by atoms with Gasteiger partial charge < -0.3 is 9.32 Å². The van der Waals surface area contributed by atoms with Gasteiger partial charge in [0.2, 0.25) is 0 Å². The molecule has 6 heteroatoms. The van der Waals surface area contributed by atoms with Crippen molar-refractivity contribution in [2.45, 2.75) is 6.54 Å². The molecular weight excluding hydrogens is 334 g/mol. The number of nitrogens with zero attached hydrogens (tertiary/aromatic N) is 3. The van der Waals surface area contributed by atoms with Crippen molar-refractivity contribution < 1.29 is 9.21 Å². The van der Waals surface area contributed by atoms with E-state index in [0.29, 0.717) is 5.76 Å². The molecule has 3 heterocycles. The van der Waals surface area contributed by atoms with Crippen LogP contribution in [0.15, 0.2) is 58.5 Å². The van der Waals surface area contributed by atoms with Gasteiger partial charge in [-0.05, 0) is 12.1 Å². The summed E-state index contributed by atoms with van der Waals surface area (Å²) in [5.41, 5.74) is 2.19. The molecule has 1 fully saturated rings. The zero-order valence-corrected chi connectivity index (χ0v) is 14.6. The molecule has 1 amide bonds. The van der Waals surface area contributed by atoms with Crippen LogP contribution in [0.5, 0.6) is 0 Å². The lowest BCUT2D eigenvalue weighted by molar-refractivity contribution is 0.0598. The van der Waals surface area contributed by atoms with E-state index < -0.39 is 0 Å². The Morgan fingerprint density at radius 2 is 1.88 bits per heavy atom. The average molecular weight is 353 g/mol. The topological polar surface area (TPSA) is 49.6 Å². The molecule has 5 nitrogen and oxygen atoms in total. The predicted molar refractivity (Wildman–Crippen MR) is 97.4 cm³/mol. The van der Waals surface area contributed by atoms with E-state index in [9.17, 15) is 4.79 Å². The Bertz CT molecular complexity index is 821. The molecule has 3 aromatic rings. The lowest BCUT2D eigenvalue weighted by atomic mass is 10.2. The predicted octanol–water partition coefficient (Wildman–Crippen LogP) is 3.36. The molecule has 0 saturated carbocycles. The molecule has 0 atom stereocenters. The highest BCUT2D eigenvalue weighted by atomic mass is 32.1. The third-order valence-electron chi connectivity index (χ3n) is 4.37. The van der Waals surface area contributed by atoms with Crippen LogP contribution < -0.4 is 0 Å². The molecule has 0 spiro atoms. The second-order valence-corrected chi connectivity index (χ2v) is 6.98. The number of hydrogen-bond donors (Lipinski definition) is 0.